The molecule has 2 nitrogen and oxygen atoms in total. The Labute approximate surface area is 93.1 Å². The highest BCUT2D eigenvalue weighted by atomic mass is 15.1. The molecule has 0 N–H and O–H groups in total. The second-order valence-corrected chi connectivity index (χ2v) is 4.55. The first kappa shape index (κ1) is 12.2. The van der Waals surface area contributed by atoms with Crippen LogP contribution in [0, 0.1) is 0 Å². The summed E-state index contributed by atoms with van der Waals surface area (Å²) in [5, 5.41) is 7.84. The second-order valence-electron chi connectivity index (χ2n) is 4.55. The molecule has 0 saturated heterocycles. The van der Waals surface area contributed by atoms with Crippen LogP contribution in [0.5, 0.6) is 0 Å². The lowest BCUT2D eigenvalue weighted by Gasteiger charge is -2.29. The molecule has 0 aliphatic carbocycles. The minimum Gasteiger partial charge on any atom is -0.159 e. The largest absolute Gasteiger partial charge is 0.159 e. The summed E-state index contributed by atoms with van der Waals surface area (Å²) in [5.41, 5.74) is 1.63. The van der Waals surface area contributed by atoms with E-state index >= 15 is 0 Å². The third-order valence-electron chi connectivity index (χ3n) is 3.17. The minimum atomic E-state index is 0.292. The van der Waals surface area contributed by atoms with E-state index in [-0.39, 0.29) is 0 Å². The zero-order valence-electron chi connectivity index (χ0n) is 10.2. The average molecular weight is 206 g/mol. The average Bonchev–Trinajstić information content (AvgIpc) is 2.28. The van der Waals surface area contributed by atoms with Gasteiger partial charge in [0.05, 0.1) is 6.20 Å². The van der Waals surface area contributed by atoms with E-state index in [4.69, 9.17) is 0 Å². The van der Waals surface area contributed by atoms with E-state index in [0.29, 0.717) is 5.41 Å². The zero-order valence-corrected chi connectivity index (χ0v) is 10.2. The van der Waals surface area contributed by atoms with Gasteiger partial charge in [0, 0.05) is 6.20 Å². The van der Waals surface area contributed by atoms with Crippen molar-refractivity contribution < 1.29 is 0 Å². The Morgan fingerprint density at radius 3 is 2.47 bits per heavy atom. The number of nitrogens with zero attached hydrogens (tertiary/aromatic N) is 2. The van der Waals surface area contributed by atoms with Crippen LogP contribution in [0.4, 0.5) is 0 Å². The van der Waals surface area contributed by atoms with Gasteiger partial charge in [-0.1, -0.05) is 40.0 Å². The lowest BCUT2D eigenvalue weighted by molar-refractivity contribution is 0.381. The van der Waals surface area contributed by atoms with Crippen molar-refractivity contribution in [3.63, 3.8) is 0 Å². The molecule has 84 valence electrons. The molecular formula is C13H22N2. The van der Waals surface area contributed by atoms with E-state index < -0.39 is 0 Å². The van der Waals surface area contributed by atoms with Gasteiger partial charge in [0.25, 0.3) is 0 Å². The van der Waals surface area contributed by atoms with Crippen LogP contribution in [0.15, 0.2) is 18.5 Å². The summed E-state index contributed by atoms with van der Waals surface area (Å²) in [7, 11) is 0. The predicted octanol–water partition coefficient (Wildman–Crippen LogP) is 3.72. The Balaban J connectivity index is 2.80. The molecule has 0 aliphatic rings. The molecule has 1 aromatic heterocycles. The molecule has 0 spiro atoms. The van der Waals surface area contributed by atoms with Crippen LogP contribution in [0.25, 0.3) is 0 Å². The van der Waals surface area contributed by atoms with E-state index in [0.717, 1.165) is 0 Å². The standard InChI is InChI=1S/C13H22N2/c1-4-6-9-13(3,8-5-2)12-7-10-14-15-11-12/h7,10-11H,4-6,8-9H2,1-3H3. The van der Waals surface area contributed by atoms with Crippen molar-refractivity contribution in [3.8, 4) is 0 Å². The maximum atomic E-state index is 3.99. The van der Waals surface area contributed by atoms with Crippen LogP contribution in [0.3, 0.4) is 0 Å². The monoisotopic (exact) mass is 206 g/mol. The van der Waals surface area contributed by atoms with Crippen molar-refractivity contribution in [2.24, 2.45) is 0 Å². The second kappa shape index (κ2) is 5.84. The van der Waals surface area contributed by atoms with Gasteiger partial charge < -0.3 is 0 Å². The summed E-state index contributed by atoms with van der Waals surface area (Å²) in [5.74, 6) is 0. The molecule has 2 heteroatoms. The van der Waals surface area contributed by atoms with Gasteiger partial charge in [-0.2, -0.15) is 10.2 Å². The molecule has 1 unspecified atom stereocenters. The molecule has 15 heavy (non-hydrogen) atoms. The molecule has 0 radical (unpaired) electrons. The van der Waals surface area contributed by atoms with Crippen LogP contribution in [-0.2, 0) is 5.41 Å². The smallest absolute Gasteiger partial charge is 0.0533 e. The van der Waals surface area contributed by atoms with E-state index in [1.807, 2.05) is 6.20 Å². The van der Waals surface area contributed by atoms with Crippen molar-refractivity contribution >= 4 is 0 Å². The van der Waals surface area contributed by atoms with Crippen molar-refractivity contribution in [3.05, 3.63) is 24.0 Å². The van der Waals surface area contributed by atoms with Crippen molar-refractivity contribution in [2.45, 2.75) is 58.3 Å². The van der Waals surface area contributed by atoms with Crippen LogP contribution >= 0.6 is 0 Å². The minimum absolute atomic E-state index is 0.292. The number of unbranched alkanes of at least 4 members (excludes halogenated alkanes) is 1. The summed E-state index contributed by atoms with van der Waals surface area (Å²) in [4.78, 5) is 0. The molecule has 0 bridgehead atoms. The molecule has 1 aromatic rings. The first-order chi connectivity index (χ1) is 7.23. The molecule has 1 heterocycles. The lowest BCUT2D eigenvalue weighted by atomic mass is 9.76. The summed E-state index contributed by atoms with van der Waals surface area (Å²) < 4.78 is 0. The number of hydrogen-bond acceptors (Lipinski definition) is 2. The Hall–Kier alpha value is -0.920. The third kappa shape index (κ3) is 3.29. The number of rotatable bonds is 6. The van der Waals surface area contributed by atoms with Gasteiger partial charge in [0.2, 0.25) is 0 Å². The summed E-state index contributed by atoms with van der Waals surface area (Å²) in [6.45, 7) is 6.85. The molecule has 0 amide bonds. The van der Waals surface area contributed by atoms with Crippen LogP contribution < -0.4 is 0 Å². The summed E-state index contributed by atoms with van der Waals surface area (Å²) in [6, 6.07) is 2.11. The fourth-order valence-corrected chi connectivity index (χ4v) is 2.18. The van der Waals surface area contributed by atoms with Crippen molar-refractivity contribution in [1.29, 1.82) is 0 Å². The normalized spacial score (nSPS) is 14.9. The molecule has 1 rings (SSSR count). The maximum absolute atomic E-state index is 3.99. The molecule has 0 saturated carbocycles. The highest BCUT2D eigenvalue weighted by Crippen LogP contribution is 2.33. The van der Waals surface area contributed by atoms with Gasteiger partial charge in [0.15, 0.2) is 0 Å². The fourth-order valence-electron chi connectivity index (χ4n) is 2.18. The van der Waals surface area contributed by atoms with Crippen molar-refractivity contribution in [2.75, 3.05) is 0 Å². The van der Waals surface area contributed by atoms with Gasteiger partial charge in [-0.15, -0.1) is 0 Å². The zero-order chi connectivity index (χ0) is 11.1. The topological polar surface area (TPSA) is 25.8 Å². The Morgan fingerprint density at radius 1 is 1.13 bits per heavy atom. The predicted molar refractivity (Wildman–Crippen MR) is 63.8 cm³/mol. The fraction of sp³-hybridized carbons (Fsp3) is 0.692. The Bertz CT molecular complexity index is 271. The van der Waals surface area contributed by atoms with Crippen LogP contribution in [0.1, 0.15) is 58.4 Å². The molecule has 1 atom stereocenters. The van der Waals surface area contributed by atoms with Gasteiger partial charge in [0.1, 0.15) is 0 Å². The third-order valence-corrected chi connectivity index (χ3v) is 3.17. The Kier molecular flexibility index (Phi) is 4.73. The lowest BCUT2D eigenvalue weighted by Crippen LogP contribution is -2.22. The SMILES string of the molecule is CCCCC(C)(CCC)c1ccnnc1. The first-order valence-corrected chi connectivity index (χ1v) is 6.00. The highest BCUT2D eigenvalue weighted by Gasteiger charge is 2.25. The molecule has 0 aromatic carbocycles. The van der Waals surface area contributed by atoms with Gasteiger partial charge >= 0.3 is 0 Å². The Morgan fingerprint density at radius 2 is 1.93 bits per heavy atom. The van der Waals surface area contributed by atoms with Gasteiger partial charge in [-0.25, -0.2) is 0 Å². The molecular weight excluding hydrogens is 184 g/mol. The number of hydrogen-bond donors (Lipinski definition) is 0. The molecule has 0 aliphatic heterocycles. The van der Waals surface area contributed by atoms with Crippen molar-refractivity contribution in [1.82, 2.24) is 10.2 Å². The summed E-state index contributed by atoms with van der Waals surface area (Å²) >= 11 is 0. The van der Waals surface area contributed by atoms with E-state index in [1.165, 1.54) is 37.7 Å². The quantitative estimate of drug-likeness (QED) is 0.709. The van der Waals surface area contributed by atoms with Crippen LogP contribution in [-0.4, -0.2) is 10.2 Å². The maximum Gasteiger partial charge on any atom is 0.0533 e. The first-order valence-electron chi connectivity index (χ1n) is 6.00. The number of aromatic nitrogens is 2. The molecule has 0 fully saturated rings. The van der Waals surface area contributed by atoms with Gasteiger partial charge in [-0.05, 0) is 29.9 Å². The van der Waals surface area contributed by atoms with E-state index in [1.54, 1.807) is 6.20 Å². The highest BCUT2D eigenvalue weighted by molar-refractivity contribution is 5.18. The van der Waals surface area contributed by atoms with Gasteiger partial charge in [-0.3, -0.25) is 0 Å². The van der Waals surface area contributed by atoms with E-state index in [2.05, 4.69) is 37.0 Å². The van der Waals surface area contributed by atoms with E-state index in [9.17, 15) is 0 Å². The van der Waals surface area contributed by atoms with Crippen LogP contribution in [0.2, 0.25) is 0 Å². The summed E-state index contributed by atoms with van der Waals surface area (Å²) in [6.07, 6.45) is 9.99.